The minimum Gasteiger partial charge on any atom is -0.444 e. The summed E-state index contributed by atoms with van der Waals surface area (Å²) < 4.78 is 5.13. The van der Waals surface area contributed by atoms with Crippen molar-refractivity contribution in [2.45, 2.75) is 45.8 Å². The average Bonchev–Trinajstić information content (AvgIpc) is 2.62. The van der Waals surface area contributed by atoms with Crippen molar-refractivity contribution in [1.82, 2.24) is 5.32 Å². The van der Waals surface area contributed by atoms with Gasteiger partial charge >= 0.3 is 6.09 Å². The second-order valence-electron chi connectivity index (χ2n) is 7.58. The fourth-order valence-electron chi connectivity index (χ4n) is 2.54. The van der Waals surface area contributed by atoms with Crippen LogP contribution in [0.1, 0.15) is 45.7 Å². The molecule has 150 valence electrons. The monoisotopic (exact) mass is 383 g/mol. The Balaban J connectivity index is 1.76. The van der Waals surface area contributed by atoms with E-state index in [9.17, 15) is 9.59 Å². The minimum atomic E-state index is -0.555. The molecule has 0 aromatic heterocycles. The van der Waals surface area contributed by atoms with Gasteiger partial charge in [0.25, 0.3) is 0 Å². The van der Waals surface area contributed by atoms with Crippen LogP contribution >= 0.6 is 0 Å². The Morgan fingerprint density at radius 1 is 0.964 bits per heavy atom. The van der Waals surface area contributed by atoms with E-state index >= 15 is 0 Å². The lowest BCUT2D eigenvalue weighted by Gasteiger charge is -2.19. The van der Waals surface area contributed by atoms with Gasteiger partial charge in [0.1, 0.15) is 5.60 Å². The van der Waals surface area contributed by atoms with Crippen molar-refractivity contribution in [2.24, 2.45) is 0 Å². The molecular formula is C22H29N3O3. The van der Waals surface area contributed by atoms with Gasteiger partial charge in [-0.1, -0.05) is 30.3 Å². The first-order valence-electron chi connectivity index (χ1n) is 9.41. The number of amides is 2. The van der Waals surface area contributed by atoms with Gasteiger partial charge in [0, 0.05) is 30.4 Å². The van der Waals surface area contributed by atoms with Crippen molar-refractivity contribution < 1.29 is 14.3 Å². The van der Waals surface area contributed by atoms with E-state index in [-0.39, 0.29) is 24.9 Å². The van der Waals surface area contributed by atoms with Crippen LogP contribution < -0.4 is 16.0 Å². The van der Waals surface area contributed by atoms with Crippen molar-refractivity contribution in [3.8, 4) is 0 Å². The fraction of sp³-hybridized carbons (Fsp3) is 0.364. The van der Waals surface area contributed by atoms with Crippen LogP contribution in [-0.2, 0) is 9.53 Å². The first kappa shape index (κ1) is 21.3. The Morgan fingerprint density at radius 2 is 1.57 bits per heavy atom. The summed E-state index contributed by atoms with van der Waals surface area (Å²) in [6.45, 7) is 7.69. The third-order valence-corrected chi connectivity index (χ3v) is 3.87. The smallest absolute Gasteiger partial charge is 0.407 e. The van der Waals surface area contributed by atoms with Crippen LogP contribution in [0.5, 0.6) is 0 Å². The molecule has 0 aliphatic rings. The molecule has 3 N–H and O–H groups in total. The number of rotatable bonds is 7. The molecule has 1 unspecified atom stereocenters. The lowest BCUT2D eigenvalue weighted by molar-refractivity contribution is -0.116. The molecule has 0 radical (unpaired) electrons. The van der Waals surface area contributed by atoms with E-state index in [0.29, 0.717) is 5.69 Å². The van der Waals surface area contributed by atoms with Gasteiger partial charge in [0.05, 0.1) is 0 Å². The fourth-order valence-corrected chi connectivity index (χ4v) is 2.54. The van der Waals surface area contributed by atoms with E-state index < -0.39 is 11.7 Å². The van der Waals surface area contributed by atoms with Crippen LogP contribution in [0, 0.1) is 0 Å². The third-order valence-electron chi connectivity index (χ3n) is 3.87. The van der Waals surface area contributed by atoms with Gasteiger partial charge < -0.3 is 20.7 Å². The quantitative estimate of drug-likeness (QED) is 0.647. The Morgan fingerprint density at radius 3 is 2.18 bits per heavy atom. The summed E-state index contributed by atoms with van der Waals surface area (Å²) in [5, 5.41) is 8.82. The van der Waals surface area contributed by atoms with Crippen LogP contribution in [-0.4, -0.2) is 24.1 Å². The minimum absolute atomic E-state index is 0.171. The average molecular weight is 383 g/mol. The predicted octanol–water partition coefficient (Wildman–Crippen LogP) is 4.71. The molecule has 0 saturated heterocycles. The van der Waals surface area contributed by atoms with Crippen molar-refractivity contribution >= 4 is 23.4 Å². The highest BCUT2D eigenvalue weighted by molar-refractivity contribution is 5.91. The number of carbonyl (C=O) groups is 2. The van der Waals surface area contributed by atoms with E-state index in [0.717, 1.165) is 5.69 Å². The second kappa shape index (κ2) is 9.78. The summed E-state index contributed by atoms with van der Waals surface area (Å²) in [7, 11) is 0. The molecule has 2 amide bonds. The number of carbonyl (C=O) groups excluding carboxylic acids is 2. The van der Waals surface area contributed by atoms with E-state index in [1.165, 1.54) is 5.56 Å². The summed E-state index contributed by atoms with van der Waals surface area (Å²) in [4.78, 5) is 23.6. The molecule has 0 aliphatic carbocycles. The molecule has 2 aromatic rings. The molecule has 1 atom stereocenters. The predicted molar refractivity (Wildman–Crippen MR) is 112 cm³/mol. The maximum absolute atomic E-state index is 12.0. The van der Waals surface area contributed by atoms with Crippen LogP contribution in [0.2, 0.25) is 0 Å². The van der Waals surface area contributed by atoms with Crippen molar-refractivity contribution in [3.63, 3.8) is 0 Å². The van der Waals surface area contributed by atoms with E-state index in [1.54, 1.807) is 20.8 Å². The van der Waals surface area contributed by atoms with Gasteiger partial charge in [-0.2, -0.15) is 0 Å². The summed E-state index contributed by atoms with van der Waals surface area (Å²) in [6.07, 6.45) is -0.354. The van der Waals surface area contributed by atoms with Gasteiger partial charge in [-0.05, 0) is 57.5 Å². The van der Waals surface area contributed by atoms with E-state index in [4.69, 9.17) is 4.74 Å². The van der Waals surface area contributed by atoms with Crippen molar-refractivity contribution in [1.29, 1.82) is 0 Å². The largest absolute Gasteiger partial charge is 0.444 e. The zero-order valence-corrected chi connectivity index (χ0v) is 16.9. The Kier molecular flexibility index (Phi) is 7.44. The highest BCUT2D eigenvalue weighted by Crippen LogP contribution is 2.20. The first-order chi connectivity index (χ1) is 13.2. The Bertz CT molecular complexity index is 768. The van der Waals surface area contributed by atoms with Gasteiger partial charge in [-0.3, -0.25) is 4.79 Å². The van der Waals surface area contributed by atoms with Gasteiger partial charge in [0.2, 0.25) is 5.91 Å². The highest BCUT2D eigenvalue weighted by Gasteiger charge is 2.15. The molecule has 28 heavy (non-hydrogen) atoms. The molecule has 0 bridgehead atoms. The summed E-state index contributed by atoms with van der Waals surface area (Å²) in [5.41, 5.74) is 2.33. The Hall–Kier alpha value is -3.02. The zero-order chi connectivity index (χ0) is 20.6. The standard InChI is InChI=1S/C22H29N3O3/c1-16(17-8-6-5-7-9-17)24-18-10-12-19(13-11-18)25-20(26)14-15-23-21(27)28-22(2,3)4/h5-13,16,24H,14-15H2,1-4H3,(H,23,27)(H,25,26). The molecule has 2 aromatic carbocycles. The summed E-state index contributed by atoms with van der Waals surface area (Å²) >= 11 is 0. The number of nitrogens with one attached hydrogen (secondary N) is 3. The van der Waals surface area contributed by atoms with Crippen molar-refractivity contribution in [3.05, 3.63) is 60.2 Å². The van der Waals surface area contributed by atoms with Gasteiger partial charge in [-0.25, -0.2) is 4.79 Å². The summed E-state index contributed by atoms with van der Waals surface area (Å²) in [5.74, 6) is -0.172. The number of hydrogen-bond donors (Lipinski definition) is 3. The highest BCUT2D eigenvalue weighted by atomic mass is 16.6. The van der Waals surface area contributed by atoms with Crippen molar-refractivity contribution in [2.75, 3.05) is 17.2 Å². The molecule has 2 rings (SSSR count). The van der Waals surface area contributed by atoms with Crippen LogP contribution in [0.4, 0.5) is 16.2 Å². The van der Waals surface area contributed by atoms with Crippen LogP contribution in [0.3, 0.4) is 0 Å². The maximum Gasteiger partial charge on any atom is 0.407 e. The number of alkyl carbamates (subject to hydrolysis) is 1. The third kappa shape index (κ3) is 7.70. The molecule has 0 saturated carbocycles. The second-order valence-corrected chi connectivity index (χ2v) is 7.58. The van der Waals surface area contributed by atoms with Crippen LogP contribution in [0.25, 0.3) is 0 Å². The Labute approximate surface area is 166 Å². The number of benzene rings is 2. The SMILES string of the molecule is CC(Nc1ccc(NC(=O)CCNC(=O)OC(C)(C)C)cc1)c1ccccc1. The number of ether oxygens (including phenoxy) is 1. The molecule has 6 heteroatoms. The number of anilines is 2. The molecule has 0 aliphatic heterocycles. The molecular weight excluding hydrogens is 354 g/mol. The first-order valence-corrected chi connectivity index (χ1v) is 9.41. The van der Waals surface area contributed by atoms with E-state index in [2.05, 4.69) is 35.0 Å². The molecule has 0 spiro atoms. The maximum atomic E-state index is 12.0. The topological polar surface area (TPSA) is 79.5 Å². The lowest BCUT2D eigenvalue weighted by atomic mass is 10.1. The molecule has 6 nitrogen and oxygen atoms in total. The van der Waals surface area contributed by atoms with Gasteiger partial charge in [0.15, 0.2) is 0 Å². The molecule has 0 heterocycles. The van der Waals surface area contributed by atoms with Gasteiger partial charge in [-0.15, -0.1) is 0 Å². The molecule has 0 fully saturated rings. The normalized spacial score (nSPS) is 12.0. The van der Waals surface area contributed by atoms with E-state index in [1.807, 2.05) is 42.5 Å². The van der Waals surface area contributed by atoms with Crippen LogP contribution in [0.15, 0.2) is 54.6 Å². The zero-order valence-electron chi connectivity index (χ0n) is 16.9. The lowest BCUT2D eigenvalue weighted by Crippen LogP contribution is -2.34. The number of hydrogen-bond acceptors (Lipinski definition) is 4. The summed E-state index contributed by atoms with van der Waals surface area (Å²) in [6, 6.07) is 17.9.